The molecule has 1 aromatic heterocycles. The second-order valence-electron chi connectivity index (χ2n) is 7.35. The zero-order valence-electron chi connectivity index (χ0n) is 13.5. The Hall–Kier alpha value is -1.03. The number of carboxylic acids is 1. The van der Waals surface area contributed by atoms with Crippen molar-refractivity contribution in [2.45, 2.75) is 65.1 Å². The highest BCUT2D eigenvalue weighted by Gasteiger charge is 2.33. The Labute approximate surface area is 138 Å². The van der Waals surface area contributed by atoms with Gasteiger partial charge in [-0.15, -0.1) is 11.3 Å². The van der Waals surface area contributed by atoms with E-state index in [1.54, 1.807) is 11.3 Å². The summed E-state index contributed by atoms with van der Waals surface area (Å²) in [5, 5.41) is 9.82. The molecule has 2 nitrogen and oxygen atoms in total. The van der Waals surface area contributed by atoms with Crippen LogP contribution in [-0.2, 0) is 12.8 Å². The average molecular weight is 314 g/mol. The van der Waals surface area contributed by atoms with Crippen LogP contribution in [0.5, 0.6) is 0 Å². The van der Waals surface area contributed by atoms with E-state index in [4.69, 9.17) is 7.85 Å². The quantitative estimate of drug-likeness (QED) is 0.808. The van der Waals surface area contributed by atoms with Gasteiger partial charge in [-0.05, 0) is 61.5 Å². The van der Waals surface area contributed by atoms with Crippen LogP contribution in [-0.4, -0.2) is 18.9 Å². The summed E-state index contributed by atoms with van der Waals surface area (Å²) < 4.78 is 0. The highest BCUT2D eigenvalue weighted by Crippen LogP contribution is 2.46. The van der Waals surface area contributed by atoms with Crippen LogP contribution in [0.1, 0.15) is 71.6 Å². The number of rotatable bonds is 3. The minimum Gasteiger partial charge on any atom is -0.478 e. The van der Waals surface area contributed by atoms with Crippen molar-refractivity contribution in [1.82, 2.24) is 0 Å². The molecule has 0 fully saturated rings. The Morgan fingerprint density at radius 3 is 2.68 bits per heavy atom. The van der Waals surface area contributed by atoms with Crippen molar-refractivity contribution in [3.63, 3.8) is 0 Å². The van der Waals surface area contributed by atoms with Crippen molar-refractivity contribution >= 4 is 30.7 Å². The first-order valence-corrected chi connectivity index (χ1v) is 9.04. The molecule has 0 saturated heterocycles. The predicted molar refractivity (Wildman–Crippen MR) is 93.0 cm³/mol. The van der Waals surface area contributed by atoms with E-state index in [9.17, 15) is 9.90 Å². The van der Waals surface area contributed by atoms with Gasteiger partial charge in [0.25, 0.3) is 0 Å². The van der Waals surface area contributed by atoms with Gasteiger partial charge in [0.05, 0.1) is 13.4 Å². The number of thiophene rings is 1. The molecule has 2 radical (unpaired) electrons. The predicted octanol–water partition coefficient (Wildman–Crippen LogP) is 4.88. The van der Waals surface area contributed by atoms with E-state index < -0.39 is 5.97 Å². The van der Waals surface area contributed by atoms with Crippen LogP contribution >= 0.6 is 11.3 Å². The third kappa shape index (κ3) is 2.78. The molecule has 22 heavy (non-hydrogen) atoms. The fraction of sp³-hybridized carbons (Fsp3) is 0.611. The van der Waals surface area contributed by atoms with E-state index in [2.05, 4.69) is 13.8 Å². The number of aromatic carboxylic acids is 1. The van der Waals surface area contributed by atoms with Gasteiger partial charge in [0.2, 0.25) is 0 Å². The van der Waals surface area contributed by atoms with E-state index in [0.29, 0.717) is 11.9 Å². The minimum absolute atomic E-state index is 0.202. The van der Waals surface area contributed by atoms with Crippen molar-refractivity contribution in [2.24, 2.45) is 5.41 Å². The van der Waals surface area contributed by atoms with Gasteiger partial charge >= 0.3 is 5.97 Å². The molecule has 0 aromatic carbocycles. The summed E-state index contributed by atoms with van der Waals surface area (Å²) >= 11 is 1.72. The molecular weight excluding hydrogens is 291 g/mol. The lowest BCUT2D eigenvalue weighted by molar-refractivity contribution is 0.0695. The topological polar surface area (TPSA) is 37.3 Å². The zero-order valence-corrected chi connectivity index (χ0v) is 14.3. The molecule has 0 saturated carbocycles. The number of hydrogen-bond acceptors (Lipinski definition) is 2. The van der Waals surface area contributed by atoms with Gasteiger partial charge in [0, 0.05) is 9.75 Å². The molecule has 2 aliphatic carbocycles. The smallest absolute Gasteiger partial charge is 0.337 e. The van der Waals surface area contributed by atoms with Crippen molar-refractivity contribution in [1.29, 1.82) is 0 Å². The Bertz CT molecular complexity index is 640. The molecule has 3 rings (SSSR count). The maximum absolute atomic E-state index is 12.0. The zero-order chi connectivity index (χ0) is 15.9. The summed E-state index contributed by atoms with van der Waals surface area (Å²) in [6, 6.07) is 0. The number of hydrogen-bond donors (Lipinski definition) is 1. The number of allylic oxidation sites excluding steroid dienone is 2. The van der Waals surface area contributed by atoms with Crippen molar-refractivity contribution < 1.29 is 9.90 Å². The minimum atomic E-state index is -0.764. The average Bonchev–Trinajstić information content (AvgIpc) is 2.84. The monoisotopic (exact) mass is 314 g/mol. The molecule has 1 aromatic rings. The van der Waals surface area contributed by atoms with Crippen molar-refractivity contribution in [3.8, 4) is 0 Å². The van der Waals surface area contributed by atoms with Gasteiger partial charge in [-0.3, -0.25) is 0 Å². The van der Waals surface area contributed by atoms with E-state index >= 15 is 0 Å². The lowest BCUT2D eigenvalue weighted by Crippen LogP contribution is -2.22. The van der Waals surface area contributed by atoms with Gasteiger partial charge in [-0.1, -0.05) is 25.7 Å². The molecule has 0 spiro atoms. The number of fused-ring (bicyclic) bond motifs is 1. The molecule has 1 heterocycles. The van der Waals surface area contributed by atoms with Gasteiger partial charge in [-0.2, -0.15) is 0 Å². The summed E-state index contributed by atoms with van der Waals surface area (Å²) in [5.41, 5.74) is 4.39. The SMILES string of the molecule is [B]CC1=C(c2sc3c(c2C(=O)O)CC(C)(C)CC3)CCCC1. The Balaban J connectivity index is 2.15. The first-order chi connectivity index (χ1) is 10.4. The third-order valence-electron chi connectivity index (χ3n) is 5.09. The summed E-state index contributed by atoms with van der Waals surface area (Å²) in [6.07, 6.45) is 7.92. The van der Waals surface area contributed by atoms with Crippen LogP contribution in [0.15, 0.2) is 5.57 Å². The Morgan fingerprint density at radius 2 is 2.00 bits per heavy atom. The standard InChI is InChI=1S/C18H23BO2S/c1-18(2)8-7-14-13(9-18)15(17(20)21)16(22-14)12-6-4-3-5-11(12)10-19/h3-10H2,1-2H3,(H,20,21). The summed E-state index contributed by atoms with van der Waals surface area (Å²) in [5.74, 6) is -0.764. The van der Waals surface area contributed by atoms with Crippen molar-refractivity contribution in [3.05, 3.63) is 26.5 Å². The van der Waals surface area contributed by atoms with E-state index in [1.165, 1.54) is 22.4 Å². The van der Waals surface area contributed by atoms with Gasteiger partial charge < -0.3 is 5.11 Å². The van der Waals surface area contributed by atoms with Crippen LogP contribution < -0.4 is 0 Å². The maximum Gasteiger partial charge on any atom is 0.337 e. The highest BCUT2D eigenvalue weighted by molar-refractivity contribution is 7.13. The summed E-state index contributed by atoms with van der Waals surface area (Å²) in [4.78, 5) is 14.3. The second kappa shape index (κ2) is 5.88. The summed E-state index contributed by atoms with van der Waals surface area (Å²) in [7, 11) is 5.92. The lowest BCUT2D eigenvalue weighted by atomic mass is 9.75. The van der Waals surface area contributed by atoms with E-state index in [1.807, 2.05) is 0 Å². The van der Waals surface area contributed by atoms with Gasteiger partial charge in [-0.25, -0.2) is 4.79 Å². The van der Waals surface area contributed by atoms with E-state index in [0.717, 1.165) is 49.0 Å². The fourth-order valence-electron chi connectivity index (χ4n) is 3.83. The second-order valence-corrected chi connectivity index (χ2v) is 8.45. The molecule has 0 aliphatic heterocycles. The van der Waals surface area contributed by atoms with Crippen LogP contribution in [0.4, 0.5) is 0 Å². The fourth-order valence-corrected chi connectivity index (χ4v) is 5.26. The molecule has 2 aliphatic rings. The van der Waals surface area contributed by atoms with Crippen LogP contribution in [0.2, 0.25) is 6.32 Å². The number of carbonyl (C=O) groups is 1. The van der Waals surface area contributed by atoms with E-state index in [-0.39, 0.29) is 5.41 Å². The van der Waals surface area contributed by atoms with Gasteiger partial charge in [0.1, 0.15) is 0 Å². The van der Waals surface area contributed by atoms with Crippen LogP contribution in [0, 0.1) is 5.41 Å². The number of carboxylic acid groups (broad SMARTS) is 1. The number of aryl methyl sites for hydroxylation is 1. The lowest BCUT2D eigenvalue weighted by Gasteiger charge is -2.29. The highest BCUT2D eigenvalue weighted by atomic mass is 32.1. The molecule has 0 unspecified atom stereocenters. The van der Waals surface area contributed by atoms with Gasteiger partial charge in [0.15, 0.2) is 0 Å². The first-order valence-electron chi connectivity index (χ1n) is 8.22. The van der Waals surface area contributed by atoms with Crippen molar-refractivity contribution in [2.75, 3.05) is 0 Å². The maximum atomic E-state index is 12.0. The molecule has 0 bridgehead atoms. The Morgan fingerprint density at radius 1 is 1.27 bits per heavy atom. The molecular formula is C18H23BO2S. The first kappa shape index (κ1) is 15.9. The molecule has 0 amide bonds. The summed E-state index contributed by atoms with van der Waals surface area (Å²) in [6.45, 7) is 4.48. The molecule has 0 atom stereocenters. The normalized spacial score (nSPS) is 20.8. The van der Waals surface area contributed by atoms with Crippen LogP contribution in [0.25, 0.3) is 5.57 Å². The Kier molecular flexibility index (Phi) is 4.24. The largest absolute Gasteiger partial charge is 0.478 e. The third-order valence-corrected chi connectivity index (χ3v) is 6.44. The molecule has 4 heteroatoms. The molecule has 1 N–H and O–H groups in total. The molecule has 116 valence electrons. The van der Waals surface area contributed by atoms with Crippen LogP contribution in [0.3, 0.4) is 0 Å².